The van der Waals surface area contributed by atoms with Gasteiger partial charge in [-0.25, -0.2) is 0 Å². The molecule has 3 rings (SSSR count). The van der Waals surface area contributed by atoms with Crippen molar-refractivity contribution >= 4 is 52.5 Å². The molecule has 0 saturated carbocycles. The topological polar surface area (TPSA) is 88.9 Å². The van der Waals surface area contributed by atoms with Crippen molar-refractivity contribution in [2.24, 2.45) is 0 Å². The minimum absolute atomic E-state index is 0.109. The summed E-state index contributed by atoms with van der Waals surface area (Å²) in [5.41, 5.74) is 3.40. The summed E-state index contributed by atoms with van der Waals surface area (Å²) in [6.45, 7) is 8.43. The quantitative estimate of drug-likeness (QED) is 0.354. The zero-order valence-corrected chi connectivity index (χ0v) is 21.8. The van der Waals surface area contributed by atoms with Crippen LogP contribution in [0.3, 0.4) is 0 Å². The summed E-state index contributed by atoms with van der Waals surface area (Å²) in [5.74, 6) is 0.392. The molecule has 2 aromatic carbocycles. The number of aromatic nitrogens is 3. The number of halogens is 2. The molecule has 10 heteroatoms. The van der Waals surface area contributed by atoms with Crippen LogP contribution in [0, 0.1) is 6.92 Å². The molecule has 3 aromatic rings. The Kier molecular flexibility index (Phi) is 8.99. The molecule has 2 N–H and O–H groups in total. The van der Waals surface area contributed by atoms with Crippen molar-refractivity contribution in [3.8, 4) is 0 Å². The van der Waals surface area contributed by atoms with Crippen molar-refractivity contribution in [3.63, 3.8) is 0 Å². The molecule has 1 atom stereocenters. The summed E-state index contributed by atoms with van der Waals surface area (Å²) >= 11 is 13.3. The van der Waals surface area contributed by atoms with Gasteiger partial charge in [0, 0.05) is 17.8 Å². The number of benzene rings is 2. The van der Waals surface area contributed by atoms with Gasteiger partial charge in [0.25, 0.3) is 5.91 Å². The number of thioether (sulfide) groups is 1. The van der Waals surface area contributed by atoms with Crippen molar-refractivity contribution in [1.29, 1.82) is 0 Å². The first kappa shape index (κ1) is 26.1. The average molecular weight is 520 g/mol. The van der Waals surface area contributed by atoms with Crippen LogP contribution in [0.25, 0.3) is 0 Å². The van der Waals surface area contributed by atoms with Crippen molar-refractivity contribution in [3.05, 3.63) is 69.0 Å². The van der Waals surface area contributed by atoms with Gasteiger partial charge in [-0.05, 0) is 56.5 Å². The Labute approximate surface area is 213 Å². The molecule has 0 saturated heterocycles. The van der Waals surface area contributed by atoms with E-state index < -0.39 is 6.04 Å². The Morgan fingerprint density at radius 3 is 2.56 bits per heavy atom. The molecule has 2 amide bonds. The molecule has 1 aromatic heterocycles. The van der Waals surface area contributed by atoms with Gasteiger partial charge < -0.3 is 15.2 Å². The van der Waals surface area contributed by atoms with Crippen molar-refractivity contribution in [2.45, 2.75) is 51.9 Å². The Bertz CT molecular complexity index is 1200. The third-order valence-electron chi connectivity index (χ3n) is 5.32. The van der Waals surface area contributed by atoms with Gasteiger partial charge in [0.05, 0.1) is 21.8 Å². The molecule has 1 heterocycles. The van der Waals surface area contributed by atoms with E-state index in [1.54, 1.807) is 12.1 Å². The molecule has 0 radical (unpaired) electrons. The second kappa shape index (κ2) is 11.7. The highest BCUT2D eigenvalue weighted by Gasteiger charge is 2.21. The van der Waals surface area contributed by atoms with E-state index in [9.17, 15) is 9.59 Å². The summed E-state index contributed by atoms with van der Waals surface area (Å²) < 4.78 is 1.89. The summed E-state index contributed by atoms with van der Waals surface area (Å²) in [7, 11) is 0. The minimum Gasteiger partial charge on any atom is -0.342 e. The van der Waals surface area contributed by atoms with Gasteiger partial charge in [-0.1, -0.05) is 60.1 Å². The first-order valence-electron chi connectivity index (χ1n) is 10.9. The molecule has 0 bridgehead atoms. The van der Waals surface area contributed by atoms with Crippen LogP contribution in [0.1, 0.15) is 54.1 Å². The lowest BCUT2D eigenvalue weighted by Gasteiger charge is -2.15. The first-order chi connectivity index (χ1) is 16.2. The van der Waals surface area contributed by atoms with Crippen LogP contribution in [0.5, 0.6) is 0 Å². The minimum atomic E-state index is -0.406. The second-order valence-corrected chi connectivity index (χ2v) is 9.47. The number of carbonyl (C=O) groups excluding carboxylic acids is 2. The van der Waals surface area contributed by atoms with Gasteiger partial charge in [0.1, 0.15) is 0 Å². The maximum absolute atomic E-state index is 12.6. The number of rotatable bonds is 9. The Morgan fingerprint density at radius 2 is 1.88 bits per heavy atom. The normalized spacial score (nSPS) is 11.8. The predicted octanol–water partition coefficient (Wildman–Crippen LogP) is 5.70. The monoisotopic (exact) mass is 519 g/mol. The fraction of sp³-hybridized carbons (Fsp3) is 0.333. The number of para-hydroxylation sites is 1. The number of hydrogen-bond donors (Lipinski definition) is 2. The molecule has 0 aliphatic heterocycles. The van der Waals surface area contributed by atoms with Crippen LogP contribution in [-0.4, -0.2) is 32.3 Å². The van der Waals surface area contributed by atoms with Crippen LogP contribution in [0.15, 0.2) is 41.6 Å². The lowest BCUT2D eigenvalue weighted by molar-refractivity contribution is -0.113. The molecule has 180 valence electrons. The van der Waals surface area contributed by atoms with Gasteiger partial charge >= 0.3 is 0 Å². The molecule has 7 nitrogen and oxygen atoms in total. The van der Waals surface area contributed by atoms with Crippen molar-refractivity contribution in [2.75, 3.05) is 11.1 Å². The van der Waals surface area contributed by atoms with Crippen LogP contribution < -0.4 is 10.6 Å². The first-order valence-corrected chi connectivity index (χ1v) is 12.7. The summed E-state index contributed by atoms with van der Waals surface area (Å²) in [5, 5.41) is 15.8. The Balaban J connectivity index is 1.66. The highest BCUT2D eigenvalue weighted by molar-refractivity contribution is 7.99. The highest BCUT2D eigenvalue weighted by Crippen LogP contribution is 2.25. The second-order valence-electron chi connectivity index (χ2n) is 7.71. The fourth-order valence-electron chi connectivity index (χ4n) is 3.51. The summed E-state index contributed by atoms with van der Waals surface area (Å²) in [4.78, 5) is 25.3. The van der Waals surface area contributed by atoms with E-state index in [-0.39, 0.29) is 17.6 Å². The molecule has 0 unspecified atom stereocenters. The molecular weight excluding hydrogens is 493 g/mol. The van der Waals surface area contributed by atoms with Gasteiger partial charge in [-0.3, -0.25) is 9.59 Å². The zero-order valence-electron chi connectivity index (χ0n) is 19.5. The molecule has 0 fully saturated rings. The van der Waals surface area contributed by atoms with Crippen LogP contribution >= 0.6 is 35.0 Å². The van der Waals surface area contributed by atoms with E-state index in [4.69, 9.17) is 23.2 Å². The molecule has 0 aliphatic rings. The Morgan fingerprint density at radius 1 is 1.12 bits per heavy atom. The number of nitrogens with one attached hydrogen (secondary N) is 2. The zero-order chi connectivity index (χ0) is 24.8. The third kappa shape index (κ3) is 6.11. The van der Waals surface area contributed by atoms with E-state index >= 15 is 0 Å². The number of carbonyl (C=O) groups is 2. The number of amides is 2. The third-order valence-corrected chi connectivity index (χ3v) is 7.02. The van der Waals surface area contributed by atoms with Gasteiger partial charge in [-0.2, -0.15) is 0 Å². The molecule has 34 heavy (non-hydrogen) atoms. The van der Waals surface area contributed by atoms with E-state index in [1.165, 1.54) is 17.8 Å². The summed E-state index contributed by atoms with van der Waals surface area (Å²) in [6, 6.07) is 10.3. The van der Waals surface area contributed by atoms with E-state index in [0.29, 0.717) is 33.1 Å². The standard InChI is InChI=1S/C24H27Cl2N5O2S/c1-5-16-9-7-8-14(3)21(16)28-20(32)13-34-24-30-29-22(31(24)6-2)15(4)27-23(33)17-10-11-18(25)19(26)12-17/h7-12,15H,5-6,13H2,1-4H3,(H,27,33)(H,28,32)/t15-/m0/s1. The molecule has 0 spiro atoms. The van der Waals surface area contributed by atoms with E-state index in [0.717, 1.165) is 23.2 Å². The maximum atomic E-state index is 12.6. The van der Waals surface area contributed by atoms with Crippen LogP contribution in [0.2, 0.25) is 10.0 Å². The lowest BCUT2D eigenvalue weighted by Crippen LogP contribution is -2.28. The van der Waals surface area contributed by atoms with Crippen LogP contribution in [-0.2, 0) is 17.8 Å². The number of nitrogens with zero attached hydrogens (tertiary/aromatic N) is 3. The molecule has 0 aliphatic carbocycles. The van der Waals surface area contributed by atoms with Gasteiger partial charge in [0.2, 0.25) is 5.91 Å². The van der Waals surface area contributed by atoms with Crippen molar-refractivity contribution < 1.29 is 9.59 Å². The molecular formula is C24H27Cl2N5O2S. The van der Waals surface area contributed by atoms with Crippen molar-refractivity contribution in [1.82, 2.24) is 20.1 Å². The van der Waals surface area contributed by atoms with Gasteiger partial charge in [0.15, 0.2) is 11.0 Å². The SMILES string of the molecule is CCc1cccc(C)c1NC(=O)CSc1nnc([C@H](C)NC(=O)c2ccc(Cl)c(Cl)c2)n1CC. The number of aryl methyl sites for hydroxylation is 2. The highest BCUT2D eigenvalue weighted by atomic mass is 35.5. The van der Waals surface area contributed by atoms with E-state index in [2.05, 4.69) is 27.8 Å². The number of anilines is 1. The van der Waals surface area contributed by atoms with E-state index in [1.807, 2.05) is 43.5 Å². The summed E-state index contributed by atoms with van der Waals surface area (Å²) in [6.07, 6.45) is 0.837. The van der Waals surface area contributed by atoms with Crippen LogP contribution in [0.4, 0.5) is 5.69 Å². The number of hydrogen-bond acceptors (Lipinski definition) is 5. The maximum Gasteiger partial charge on any atom is 0.251 e. The Hall–Kier alpha value is -2.55. The largest absolute Gasteiger partial charge is 0.342 e. The predicted molar refractivity (Wildman–Crippen MR) is 138 cm³/mol. The lowest BCUT2D eigenvalue weighted by atomic mass is 10.1. The smallest absolute Gasteiger partial charge is 0.251 e. The van der Waals surface area contributed by atoms with Gasteiger partial charge in [-0.15, -0.1) is 10.2 Å². The fourth-order valence-corrected chi connectivity index (χ4v) is 4.62. The average Bonchev–Trinajstić information content (AvgIpc) is 3.23.